The van der Waals surface area contributed by atoms with Gasteiger partial charge in [-0.1, -0.05) is 11.2 Å². The lowest BCUT2D eigenvalue weighted by atomic mass is 9.68. The van der Waals surface area contributed by atoms with E-state index in [1.165, 1.54) is 11.1 Å². The average Bonchev–Trinajstić information content (AvgIpc) is 3.88. The summed E-state index contributed by atoms with van der Waals surface area (Å²) in [5, 5.41) is 12.3. The SMILES string of the molecule is C=NCc1c(N)ccc2c1[C@]1(CCCc3c(-c4nc(O[C@@H](C)[C@@H]5CCCN5C)cc(-n5ccc(C(=O)NC6(C)COC6)n5)n4)noc31)CC2. The quantitative estimate of drug-likeness (QED) is 0.197. The highest BCUT2D eigenvalue weighted by molar-refractivity contribution is 5.92. The summed E-state index contributed by atoms with van der Waals surface area (Å²) in [6.07, 6.45) is 8.29. The molecule has 3 atom stereocenters. The van der Waals surface area contributed by atoms with E-state index in [4.69, 9.17) is 29.7 Å². The maximum Gasteiger partial charge on any atom is 0.272 e. The molecule has 5 heterocycles. The van der Waals surface area contributed by atoms with Crippen LogP contribution in [-0.2, 0) is 29.5 Å². The minimum atomic E-state index is -0.397. The molecule has 0 saturated carbocycles. The van der Waals surface area contributed by atoms with Crippen LogP contribution in [0.25, 0.3) is 17.3 Å². The molecule has 3 N–H and O–H groups in total. The summed E-state index contributed by atoms with van der Waals surface area (Å²) in [5.41, 5.74) is 11.9. The molecule has 13 heteroatoms. The number of likely N-dealkylation sites (tertiary alicyclic amines) is 1. The monoisotopic (exact) mass is 665 g/mol. The van der Waals surface area contributed by atoms with Crippen molar-refractivity contribution in [3.8, 4) is 23.2 Å². The number of nitrogens with zero attached hydrogens (tertiary/aromatic N) is 7. The zero-order chi connectivity index (χ0) is 33.9. The van der Waals surface area contributed by atoms with E-state index in [0.29, 0.717) is 43.0 Å². The van der Waals surface area contributed by atoms with Crippen LogP contribution in [0.5, 0.6) is 5.88 Å². The van der Waals surface area contributed by atoms with Gasteiger partial charge in [-0.15, -0.1) is 0 Å². The number of hydrogen-bond donors (Lipinski definition) is 2. The number of rotatable bonds is 9. The molecule has 1 aromatic carbocycles. The number of nitrogen functional groups attached to an aromatic ring is 1. The summed E-state index contributed by atoms with van der Waals surface area (Å²) in [5.74, 6) is 1.85. The molecule has 49 heavy (non-hydrogen) atoms. The van der Waals surface area contributed by atoms with E-state index in [0.717, 1.165) is 74.1 Å². The fourth-order valence-electron chi connectivity index (χ4n) is 8.41. The van der Waals surface area contributed by atoms with Crippen LogP contribution in [0, 0.1) is 0 Å². The van der Waals surface area contributed by atoms with E-state index in [1.54, 1.807) is 23.0 Å². The van der Waals surface area contributed by atoms with Crippen LogP contribution >= 0.6 is 0 Å². The van der Waals surface area contributed by atoms with Crippen molar-refractivity contribution >= 4 is 18.3 Å². The largest absolute Gasteiger partial charge is 0.473 e. The number of amides is 1. The number of nitrogens with two attached hydrogens (primary N) is 1. The molecule has 1 spiro atoms. The van der Waals surface area contributed by atoms with Gasteiger partial charge < -0.3 is 25.0 Å². The average molecular weight is 666 g/mol. The Hall–Kier alpha value is -4.62. The van der Waals surface area contributed by atoms with Gasteiger partial charge in [-0.2, -0.15) is 10.1 Å². The van der Waals surface area contributed by atoms with Crippen LogP contribution < -0.4 is 15.8 Å². The zero-order valence-electron chi connectivity index (χ0n) is 28.4. The summed E-state index contributed by atoms with van der Waals surface area (Å²) < 4.78 is 19.7. The van der Waals surface area contributed by atoms with Gasteiger partial charge in [-0.25, -0.2) is 9.67 Å². The number of aliphatic imine (C=N–C) groups is 1. The highest BCUT2D eigenvalue weighted by Crippen LogP contribution is 2.54. The summed E-state index contributed by atoms with van der Waals surface area (Å²) in [4.78, 5) is 29.5. The van der Waals surface area contributed by atoms with Crippen molar-refractivity contribution in [3.05, 3.63) is 64.2 Å². The van der Waals surface area contributed by atoms with Crippen LogP contribution in [-0.4, -0.2) is 86.9 Å². The molecule has 4 aromatic rings. The molecule has 0 unspecified atom stereocenters. The zero-order valence-corrected chi connectivity index (χ0v) is 28.4. The Labute approximate surface area is 285 Å². The Morgan fingerprint density at radius 1 is 1.22 bits per heavy atom. The van der Waals surface area contributed by atoms with Crippen molar-refractivity contribution < 1.29 is 18.8 Å². The van der Waals surface area contributed by atoms with Crippen LogP contribution in [0.4, 0.5) is 5.69 Å². The van der Waals surface area contributed by atoms with E-state index < -0.39 is 5.54 Å². The van der Waals surface area contributed by atoms with Crippen molar-refractivity contribution in [3.63, 3.8) is 0 Å². The van der Waals surface area contributed by atoms with Gasteiger partial charge in [0.15, 0.2) is 28.8 Å². The van der Waals surface area contributed by atoms with E-state index in [1.807, 2.05) is 13.0 Å². The standard InChI is InChI=1S/C36H43N9O4/c1-21(27-8-6-15-44(27)4)48-29-17-28(45-16-12-26(42-45)34(46)41-35(2)19-47-20-35)39-33(40-29)31-23-7-5-13-36(32(23)49-43-31)14-11-22-9-10-25(37)24(18-38-3)30(22)36/h9-10,12,16-17,21,27H,3,5-8,11,13-15,18-20,37H2,1-2,4H3,(H,41,46)/t21-,27-,36-/m0/s1. The normalized spacial score (nSPS) is 23.1. The number of carbonyl (C=O) groups excluding carboxylic acids is 1. The Morgan fingerprint density at radius 2 is 2.08 bits per heavy atom. The summed E-state index contributed by atoms with van der Waals surface area (Å²) in [6.45, 7) is 10.2. The number of fused-ring (bicyclic) bond motifs is 4. The molecule has 2 aliphatic heterocycles. The Bertz CT molecular complexity index is 1930. The lowest BCUT2D eigenvalue weighted by molar-refractivity contribution is -0.0594. The van der Waals surface area contributed by atoms with Crippen molar-refractivity contribution in [1.29, 1.82) is 0 Å². The molecule has 8 rings (SSSR count). The van der Waals surface area contributed by atoms with E-state index in [-0.39, 0.29) is 29.2 Å². The first-order chi connectivity index (χ1) is 23.7. The maximum absolute atomic E-state index is 13.1. The molecule has 1 amide bonds. The highest BCUT2D eigenvalue weighted by atomic mass is 16.5. The Kier molecular flexibility index (Phi) is 7.79. The molecule has 13 nitrogen and oxygen atoms in total. The number of anilines is 1. The molecule has 3 aromatic heterocycles. The maximum atomic E-state index is 13.1. The van der Waals surface area contributed by atoms with Gasteiger partial charge in [0.1, 0.15) is 6.10 Å². The number of ether oxygens (including phenoxy) is 2. The fourth-order valence-corrected chi connectivity index (χ4v) is 8.41. The Morgan fingerprint density at radius 3 is 2.84 bits per heavy atom. The topological polar surface area (TPSA) is 159 Å². The van der Waals surface area contributed by atoms with Gasteiger partial charge in [0.2, 0.25) is 5.88 Å². The molecule has 2 fully saturated rings. The van der Waals surface area contributed by atoms with Crippen LogP contribution in [0.2, 0.25) is 0 Å². The number of carbonyl (C=O) groups is 1. The number of nitrogens with one attached hydrogen (secondary N) is 1. The second-order valence-corrected chi connectivity index (χ2v) is 14.4. The molecule has 2 aliphatic carbocycles. The third-order valence-corrected chi connectivity index (χ3v) is 10.9. The summed E-state index contributed by atoms with van der Waals surface area (Å²) >= 11 is 0. The van der Waals surface area contributed by atoms with E-state index in [2.05, 4.69) is 52.2 Å². The smallest absolute Gasteiger partial charge is 0.272 e. The molecular formula is C36H43N9O4. The number of likely N-dealkylation sites (N-methyl/N-ethyl adjacent to an activating group) is 1. The number of benzene rings is 1. The molecule has 0 bridgehead atoms. The van der Waals surface area contributed by atoms with Crippen molar-refractivity contribution in [2.45, 2.75) is 88.4 Å². The molecular weight excluding hydrogens is 622 g/mol. The Balaban J connectivity index is 1.19. The van der Waals surface area contributed by atoms with Gasteiger partial charge in [-0.05, 0) is 102 Å². The van der Waals surface area contributed by atoms with Crippen molar-refractivity contribution in [2.24, 2.45) is 4.99 Å². The molecule has 256 valence electrons. The summed E-state index contributed by atoms with van der Waals surface area (Å²) in [6, 6.07) is 7.83. The van der Waals surface area contributed by atoms with Crippen LogP contribution in [0.3, 0.4) is 0 Å². The number of aromatic nitrogens is 5. The minimum Gasteiger partial charge on any atom is -0.473 e. The number of hydrogen-bond acceptors (Lipinski definition) is 11. The highest BCUT2D eigenvalue weighted by Gasteiger charge is 2.49. The third-order valence-electron chi connectivity index (χ3n) is 10.9. The van der Waals surface area contributed by atoms with Crippen LogP contribution in [0.15, 0.2) is 40.0 Å². The first-order valence-electron chi connectivity index (χ1n) is 17.2. The van der Waals surface area contributed by atoms with Gasteiger partial charge >= 0.3 is 0 Å². The van der Waals surface area contributed by atoms with Gasteiger partial charge in [0, 0.05) is 35.1 Å². The molecule has 4 aliphatic rings. The first kappa shape index (κ1) is 31.6. The molecule has 2 saturated heterocycles. The van der Waals surface area contributed by atoms with E-state index >= 15 is 0 Å². The van der Waals surface area contributed by atoms with Crippen molar-refractivity contribution in [1.82, 2.24) is 35.1 Å². The minimum absolute atomic E-state index is 0.112. The first-order valence-corrected chi connectivity index (χ1v) is 17.2. The number of aryl methyl sites for hydroxylation is 1. The van der Waals surface area contributed by atoms with E-state index in [9.17, 15) is 4.79 Å². The second-order valence-electron chi connectivity index (χ2n) is 14.4. The molecule has 0 radical (unpaired) electrons. The second kappa shape index (κ2) is 12.1. The predicted molar refractivity (Wildman–Crippen MR) is 183 cm³/mol. The van der Waals surface area contributed by atoms with Gasteiger partial charge in [0.05, 0.1) is 30.7 Å². The predicted octanol–water partition coefficient (Wildman–Crippen LogP) is 4.05. The lowest BCUT2D eigenvalue weighted by Gasteiger charge is -2.38. The van der Waals surface area contributed by atoms with Gasteiger partial charge in [0.25, 0.3) is 5.91 Å². The third kappa shape index (κ3) is 5.39. The fraction of sp³-hybridized carbons (Fsp3) is 0.500. The summed E-state index contributed by atoms with van der Waals surface area (Å²) in [7, 11) is 2.13. The van der Waals surface area contributed by atoms with Crippen LogP contribution in [0.1, 0.15) is 84.5 Å². The van der Waals surface area contributed by atoms with Crippen molar-refractivity contribution in [2.75, 3.05) is 32.5 Å². The van der Waals surface area contributed by atoms with Gasteiger partial charge in [-0.3, -0.25) is 14.7 Å². The lowest BCUT2D eigenvalue weighted by Crippen LogP contribution is -2.59.